The summed E-state index contributed by atoms with van der Waals surface area (Å²) in [6, 6.07) is 0. The lowest BCUT2D eigenvalue weighted by Crippen LogP contribution is -2.08. The summed E-state index contributed by atoms with van der Waals surface area (Å²) in [4.78, 5) is 0. The van der Waals surface area contributed by atoms with Crippen molar-refractivity contribution in [3.63, 3.8) is 0 Å². The molecule has 0 N–H and O–H groups in total. The van der Waals surface area contributed by atoms with E-state index in [9.17, 15) is 0 Å². The first-order valence-corrected chi connectivity index (χ1v) is 8.41. The average molecular weight is 253 g/mol. The van der Waals surface area contributed by atoms with Crippen LogP contribution in [0.2, 0.25) is 0 Å². The maximum Gasteiger partial charge on any atom is -0.0354 e. The Labute approximate surface area is 117 Å². The molecule has 0 unspecified atom stereocenters. The van der Waals surface area contributed by atoms with Crippen LogP contribution in [-0.4, -0.2) is 0 Å². The highest BCUT2D eigenvalue weighted by molar-refractivity contribution is 4.69. The third-order valence-corrected chi connectivity index (χ3v) is 4.13. The molecule has 0 heterocycles. The first-order chi connectivity index (χ1) is 8.62. The third kappa shape index (κ3) is 12.5. The van der Waals surface area contributed by atoms with Gasteiger partial charge in [-0.2, -0.15) is 0 Å². The van der Waals surface area contributed by atoms with Crippen LogP contribution in [0, 0.1) is 12.3 Å². The molecule has 0 aliphatic heterocycles. The zero-order valence-corrected chi connectivity index (χ0v) is 13.4. The van der Waals surface area contributed by atoms with E-state index >= 15 is 0 Å². The smallest absolute Gasteiger partial charge is 0.0354 e. The van der Waals surface area contributed by atoms with Crippen LogP contribution in [0.5, 0.6) is 0 Å². The van der Waals surface area contributed by atoms with Crippen LogP contribution in [0.3, 0.4) is 0 Å². The second-order valence-electron chi connectivity index (χ2n) is 6.70. The summed E-state index contributed by atoms with van der Waals surface area (Å²) in [5.74, 6) is 0. The molecule has 0 saturated heterocycles. The summed E-state index contributed by atoms with van der Waals surface area (Å²) in [5.41, 5.74) is 0.472. The highest BCUT2D eigenvalue weighted by atomic mass is 14.2. The molecule has 0 rings (SSSR count). The van der Waals surface area contributed by atoms with Gasteiger partial charge in [-0.3, -0.25) is 0 Å². The fourth-order valence-corrected chi connectivity index (χ4v) is 2.39. The van der Waals surface area contributed by atoms with E-state index in [1.165, 1.54) is 77.0 Å². The summed E-state index contributed by atoms with van der Waals surface area (Å²) in [5, 5.41) is 0. The molecule has 0 amide bonds. The van der Waals surface area contributed by atoms with Gasteiger partial charge in [0.05, 0.1) is 0 Å². The van der Waals surface area contributed by atoms with Crippen molar-refractivity contribution in [3.05, 3.63) is 6.92 Å². The van der Waals surface area contributed by atoms with Gasteiger partial charge in [0.2, 0.25) is 0 Å². The van der Waals surface area contributed by atoms with Crippen LogP contribution in [-0.2, 0) is 0 Å². The molecule has 0 bridgehead atoms. The van der Waals surface area contributed by atoms with Crippen molar-refractivity contribution >= 4 is 0 Å². The van der Waals surface area contributed by atoms with E-state index in [0.717, 1.165) is 6.42 Å². The Balaban J connectivity index is 3.08. The predicted octanol–water partition coefficient (Wildman–Crippen LogP) is 6.94. The summed E-state index contributed by atoms with van der Waals surface area (Å²) >= 11 is 0. The molecule has 0 aromatic rings. The lowest BCUT2D eigenvalue weighted by atomic mass is 9.84. The van der Waals surface area contributed by atoms with E-state index in [1.54, 1.807) is 0 Å². The van der Waals surface area contributed by atoms with Crippen molar-refractivity contribution in [2.45, 2.75) is 104 Å². The van der Waals surface area contributed by atoms with E-state index in [-0.39, 0.29) is 0 Å². The molecule has 18 heavy (non-hydrogen) atoms. The van der Waals surface area contributed by atoms with Crippen molar-refractivity contribution in [2.75, 3.05) is 0 Å². The standard InChI is InChI=1S/C18H37/c1-5-7-8-9-10-11-12-13-14-15-16-17-18(3,4)6-2/h2,5-17H2,1,3-4H3. The van der Waals surface area contributed by atoms with Crippen LogP contribution >= 0.6 is 0 Å². The summed E-state index contributed by atoms with van der Waals surface area (Å²) in [7, 11) is 0. The van der Waals surface area contributed by atoms with Crippen molar-refractivity contribution in [3.8, 4) is 0 Å². The molecule has 0 atom stereocenters. The Morgan fingerprint density at radius 2 is 1.06 bits per heavy atom. The van der Waals surface area contributed by atoms with E-state index < -0.39 is 0 Å². The maximum absolute atomic E-state index is 4.03. The molecule has 0 saturated carbocycles. The summed E-state index contributed by atoms with van der Waals surface area (Å²) in [6.45, 7) is 11.0. The predicted molar refractivity (Wildman–Crippen MR) is 84.8 cm³/mol. The van der Waals surface area contributed by atoms with Crippen molar-refractivity contribution in [1.29, 1.82) is 0 Å². The Morgan fingerprint density at radius 1 is 0.667 bits per heavy atom. The SMILES string of the molecule is [CH2]CC(C)(C)CCCCCCCCCCCCC. The van der Waals surface area contributed by atoms with E-state index in [0.29, 0.717) is 5.41 Å². The van der Waals surface area contributed by atoms with E-state index in [4.69, 9.17) is 0 Å². The number of rotatable bonds is 13. The van der Waals surface area contributed by atoms with Gasteiger partial charge in [0.15, 0.2) is 0 Å². The van der Waals surface area contributed by atoms with E-state index in [2.05, 4.69) is 27.7 Å². The summed E-state index contributed by atoms with van der Waals surface area (Å²) < 4.78 is 0. The fraction of sp³-hybridized carbons (Fsp3) is 0.944. The van der Waals surface area contributed by atoms with Gasteiger partial charge in [0.1, 0.15) is 0 Å². The van der Waals surface area contributed by atoms with Gasteiger partial charge >= 0.3 is 0 Å². The van der Waals surface area contributed by atoms with Gasteiger partial charge in [-0.15, -0.1) is 0 Å². The first-order valence-electron chi connectivity index (χ1n) is 8.41. The monoisotopic (exact) mass is 253 g/mol. The molecule has 0 heteroatoms. The minimum atomic E-state index is 0.472. The highest BCUT2D eigenvalue weighted by Gasteiger charge is 2.13. The lowest BCUT2D eigenvalue weighted by molar-refractivity contribution is 0.321. The van der Waals surface area contributed by atoms with Gasteiger partial charge in [-0.25, -0.2) is 0 Å². The largest absolute Gasteiger partial charge is 0.0654 e. The average Bonchev–Trinajstić information content (AvgIpc) is 2.36. The zero-order chi connectivity index (χ0) is 13.7. The van der Waals surface area contributed by atoms with Crippen molar-refractivity contribution in [2.24, 2.45) is 5.41 Å². The summed E-state index contributed by atoms with van der Waals surface area (Å²) in [6.07, 6.45) is 18.3. The van der Waals surface area contributed by atoms with E-state index in [1.807, 2.05) is 0 Å². The van der Waals surface area contributed by atoms with Gasteiger partial charge in [-0.1, -0.05) is 98.3 Å². The maximum atomic E-state index is 4.03. The Hall–Kier alpha value is 0. The highest BCUT2D eigenvalue weighted by Crippen LogP contribution is 2.27. The second-order valence-corrected chi connectivity index (χ2v) is 6.70. The van der Waals surface area contributed by atoms with Crippen LogP contribution in [0.25, 0.3) is 0 Å². The second kappa shape index (κ2) is 12.1. The van der Waals surface area contributed by atoms with Crippen molar-refractivity contribution in [1.82, 2.24) is 0 Å². The molecule has 0 fully saturated rings. The first kappa shape index (κ1) is 18.0. The number of hydrogen-bond acceptors (Lipinski definition) is 0. The molecule has 0 aromatic carbocycles. The van der Waals surface area contributed by atoms with Crippen LogP contribution < -0.4 is 0 Å². The van der Waals surface area contributed by atoms with Gasteiger partial charge in [-0.05, 0) is 18.3 Å². The lowest BCUT2D eigenvalue weighted by Gasteiger charge is -2.21. The van der Waals surface area contributed by atoms with Crippen LogP contribution in [0.15, 0.2) is 0 Å². The normalized spacial score (nSPS) is 12.0. The third-order valence-electron chi connectivity index (χ3n) is 4.13. The Bertz CT molecular complexity index is 157. The minimum absolute atomic E-state index is 0.472. The van der Waals surface area contributed by atoms with Gasteiger partial charge < -0.3 is 0 Å². The quantitative estimate of drug-likeness (QED) is 0.312. The molecule has 1 radical (unpaired) electrons. The molecule has 0 aromatic heterocycles. The number of unbranched alkanes of at least 4 members (excludes halogenated alkanes) is 10. The molecule has 0 nitrogen and oxygen atoms in total. The zero-order valence-electron chi connectivity index (χ0n) is 13.4. The van der Waals surface area contributed by atoms with Gasteiger partial charge in [0.25, 0.3) is 0 Å². The molecule has 0 aliphatic carbocycles. The molecule has 109 valence electrons. The van der Waals surface area contributed by atoms with Gasteiger partial charge in [0, 0.05) is 0 Å². The van der Waals surface area contributed by atoms with Crippen LogP contribution in [0.4, 0.5) is 0 Å². The Kier molecular flexibility index (Phi) is 12.1. The molecule has 0 spiro atoms. The molecular formula is C18H37. The fourth-order valence-electron chi connectivity index (χ4n) is 2.39. The minimum Gasteiger partial charge on any atom is -0.0654 e. The van der Waals surface area contributed by atoms with Crippen molar-refractivity contribution < 1.29 is 0 Å². The molecule has 0 aliphatic rings. The Morgan fingerprint density at radius 3 is 1.44 bits per heavy atom. The van der Waals surface area contributed by atoms with Crippen LogP contribution in [0.1, 0.15) is 104 Å². The number of hydrogen-bond donors (Lipinski definition) is 0. The topological polar surface area (TPSA) is 0 Å². The molecular weight excluding hydrogens is 216 g/mol.